The number of allylic oxidation sites excluding steroid dienone is 1. The van der Waals surface area contributed by atoms with Gasteiger partial charge in [-0.05, 0) is 28.1 Å². The van der Waals surface area contributed by atoms with Crippen LogP contribution in [0.2, 0.25) is 0 Å². The summed E-state index contributed by atoms with van der Waals surface area (Å²) >= 11 is 3.35. The van der Waals surface area contributed by atoms with Crippen molar-refractivity contribution in [2.45, 2.75) is 6.42 Å². The van der Waals surface area contributed by atoms with Crippen molar-refractivity contribution >= 4 is 27.3 Å². The standard InChI is InChI=1S/C14H13BrN4O/c15-12-8-17-11-5-4-9(14(11)19-12)10-2-1-3-13(18-10)16-6-7-20/h1-4,8,20H,5-7H2,(H,16,18). The van der Waals surface area contributed by atoms with Crippen molar-refractivity contribution in [2.24, 2.45) is 0 Å². The van der Waals surface area contributed by atoms with E-state index in [0.29, 0.717) is 6.54 Å². The van der Waals surface area contributed by atoms with Crippen LogP contribution in [0.3, 0.4) is 0 Å². The molecule has 0 unspecified atom stereocenters. The molecule has 3 rings (SSSR count). The van der Waals surface area contributed by atoms with Crippen LogP contribution in [0.5, 0.6) is 0 Å². The predicted octanol–water partition coefficient (Wildman–Crippen LogP) is 2.03. The number of aliphatic hydroxyl groups excluding tert-OH is 1. The molecule has 0 saturated heterocycles. The third kappa shape index (κ3) is 2.57. The van der Waals surface area contributed by atoms with Gasteiger partial charge in [-0.1, -0.05) is 12.1 Å². The first-order chi connectivity index (χ1) is 9.78. The van der Waals surface area contributed by atoms with Crippen molar-refractivity contribution < 1.29 is 5.11 Å². The Kier molecular flexibility index (Phi) is 3.75. The number of hydrogen-bond acceptors (Lipinski definition) is 5. The van der Waals surface area contributed by atoms with Gasteiger partial charge in [0.1, 0.15) is 10.4 Å². The molecule has 2 aromatic rings. The quantitative estimate of drug-likeness (QED) is 0.896. The van der Waals surface area contributed by atoms with E-state index in [1.54, 1.807) is 6.20 Å². The van der Waals surface area contributed by atoms with Gasteiger partial charge in [-0.3, -0.25) is 4.98 Å². The highest BCUT2D eigenvalue weighted by atomic mass is 79.9. The molecule has 1 aliphatic rings. The summed E-state index contributed by atoms with van der Waals surface area (Å²) in [7, 11) is 0. The summed E-state index contributed by atoms with van der Waals surface area (Å²) in [5.74, 6) is 0.744. The van der Waals surface area contributed by atoms with Crippen molar-refractivity contribution in [3.8, 4) is 0 Å². The average Bonchev–Trinajstić information content (AvgIpc) is 2.88. The first-order valence-electron chi connectivity index (χ1n) is 6.32. The van der Waals surface area contributed by atoms with E-state index < -0.39 is 0 Å². The van der Waals surface area contributed by atoms with E-state index in [-0.39, 0.29) is 6.61 Å². The summed E-state index contributed by atoms with van der Waals surface area (Å²) in [6.45, 7) is 0.563. The van der Waals surface area contributed by atoms with E-state index in [0.717, 1.165) is 39.5 Å². The highest BCUT2D eigenvalue weighted by Gasteiger charge is 2.19. The highest BCUT2D eigenvalue weighted by molar-refractivity contribution is 9.10. The number of pyridine rings is 1. The van der Waals surface area contributed by atoms with E-state index >= 15 is 0 Å². The van der Waals surface area contributed by atoms with Crippen molar-refractivity contribution in [2.75, 3.05) is 18.5 Å². The Morgan fingerprint density at radius 1 is 1.30 bits per heavy atom. The van der Waals surface area contributed by atoms with Crippen LogP contribution in [0.4, 0.5) is 5.82 Å². The first kappa shape index (κ1) is 13.2. The molecule has 2 aromatic heterocycles. The minimum atomic E-state index is 0.0792. The second-order valence-corrected chi connectivity index (χ2v) is 5.18. The molecule has 0 aliphatic heterocycles. The van der Waals surface area contributed by atoms with Crippen LogP contribution in [-0.4, -0.2) is 33.2 Å². The topological polar surface area (TPSA) is 70.9 Å². The first-order valence-corrected chi connectivity index (χ1v) is 7.11. The molecule has 0 amide bonds. The number of anilines is 1. The largest absolute Gasteiger partial charge is 0.395 e. The molecule has 2 heterocycles. The molecule has 0 fully saturated rings. The second-order valence-electron chi connectivity index (χ2n) is 4.37. The van der Waals surface area contributed by atoms with Gasteiger partial charge in [-0.25, -0.2) is 9.97 Å². The molecular formula is C14H13BrN4O. The van der Waals surface area contributed by atoms with Crippen LogP contribution >= 0.6 is 15.9 Å². The SMILES string of the molecule is OCCNc1cccc(C2=CCc3ncc(Br)nc32)n1. The number of hydrogen-bond donors (Lipinski definition) is 2. The normalized spacial score (nSPS) is 13.0. The Morgan fingerprint density at radius 2 is 2.20 bits per heavy atom. The van der Waals surface area contributed by atoms with Gasteiger partial charge in [0.05, 0.1) is 29.9 Å². The maximum absolute atomic E-state index is 8.84. The average molecular weight is 333 g/mol. The fraction of sp³-hybridized carbons (Fsp3) is 0.214. The molecule has 102 valence electrons. The fourth-order valence-electron chi connectivity index (χ4n) is 2.15. The minimum Gasteiger partial charge on any atom is -0.395 e. The van der Waals surface area contributed by atoms with Gasteiger partial charge in [0.25, 0.3) is 0 Å². The Morgan fingerprint density at radius 3 is 3.05 bits per heavy atom. The lowest BCUT2D eigenvalue weighted by molar-refractivity contribution is 0.311. The van der Waals surface area contributed by atoms with Crippen LogP contribution in [0.15, 0.2) is 35.1 Å². The Balaban J connectivity index is 1.94. The number of nitrogens with one attached hydrogen (secondary N) is 1. The molecule has 1 aliphatic carbocycles. The molecule has 0 radical (unpaired) electrons. The number of fused-ring (bicyclic) bond motifs is 1. The summed E-state index contributed by atoms with van der Waals surface area (Å²) in [6, 6.07) is 5.77. The molecule has 6 heteroatoms. The van der Waals surface area contributed by atoms with Gasteiger partial charge < -0.3 is 10.4 Å². The van der Waals surface area contributed by atoms with E-state index in [9.17, 15) is 0 Å². The second kappa shape index (κ2) is 5.68. The van der Waals surface area contributed by atoms with E-state index in [2.05, 4.69) is 42.3 Å². The lowest BCUT2D eigenvalue weighted by atomic mass is 10.1. The third-order valence-electron chi connectivity index (χ3n) is 3.02. The van der Waals surface area contributed by atoms with Crippen LogP contribution in [0.1, 0.15) is 17.1 Å². The Hall–Kier alpha value is -1.79. The monoisotopic (exact) mass is 332 g/mol. The number of halogens is 1. The van der Waals surface area contributed by atoms with Crippen LogP contribution in [0, 0.1) is 0 Å². The predicted molar refractivity (Wildman–Crippen MR) is 80.3 cm³/mol. The number of aliphatic hydroxyl groups is 1. The lowest BCUT2D eigenvalue weighted by Gasteiger charge is -2.08. The summed E-state index contributed by atoms with van der Waals surface area (Å²) in [4.78, 5) is 13.4. The van der Waals surface area contributed by atoms with Gasteiger partial charge in [0.2, 0.25) is 0 Å². The van der Waals surface area contributed by atoms with Crippen molar-refractivity contribution in [1.29, 1.82) is 0 Å². The zero-order valence-corrected chi connectivity index (χ0v) is 12.3. The Bertz CT molecular complexity index is 672. The number of nitrogens with zero attached hydrogens (tertiary/aromatic N) is 3. The number of rotatable bonds is 4. The third-order valence-corrected chi connectivity index (χ3v) is 3.40. The van der Waals surface area contributed by atoms with Crippen LogP contribution < -0.4 is 5.32 Å². The molecular weight excluding hydrogens is 320 g/mol. The highest BCUT2D eigenvalue weighted by Crippen LogP contribution is 2.30. The maximum Gasteiger partial charge on any atom is 0.126 e. The summed E-state index contributed by atoms with van der Waals surface area (Å²) < 4.78 is 0.721. The molecule has 0 bridgehead atoms. The summed E-state index contributed by atoms with van der Waals surface area (Å²) in [6.07, 6.45) is 4.58. The zero-order chi connectivity index (χ0) is 13.9. The zero-order valence-electron chi connectivity index (χ0n) is 10.7. The summed E-state index contributed by atoms with van der Waals surface area (Å²) in [5, 5.41) is 11.9. The lowest BCUT2D eigenvalue weighted by Crippen LogP contribution is -2.07. The molecule has 5 nitrogen and oxygen atoms in total. The molecule has 0 spiro atoms. The van der Waals surface area contributed by atoms with Gasteiger partial charge in [0, 0.05) is 18.5 Å². The smallest absolute Gasteiger partial charge is 0.126 e. The maximum atomic E-state index is 8.84. The molecule has 20 heavy (non-hydrogen) atoms. The minimum absolute atomic E-state index is 0.0792. The van der Waals surface area contributed by atoms with Gasteiger partial charge >= 0.3 is 0 Å². The number of aromatic nitrogens is 3. The molecule has 0 aromatic carbocycles. The van der Waals surface area contributed by atoms with Gasteiger partial charge in [-0.15, -0.1) is 0 Å². The van der Waals surface area contributed by atoms with E-state index in [1.807, 2.05) is 18.2 Å². The van der Waals surface area contributed by atoms with E-state index in [4.69, 9.17) is 5.11 Å². The molecule has 2 N–H and O–H groups in total. The summed E-state index contributed by atoms with van der Waals surface area (Å²) in [5.41, 5.74) is 3.71. The van der Waals surface area contributed by atoms with Crippen molar-refractivity contribution in [1.82, 2.24) is 15.0 Å². The van der Waals surface area contributed by atoms with Gasteiger partial charge in [0.15, 0.2) is 0 Å². The van der Waals surface area contributed by atoms with Gasteiger partial charge in [-0.2, -0.15) is 0 Å². The van der Waals surface area contributed by atoms with Crippen molar-refractivity contribution in [3.63, 3.8) is 0 Å². The fourth-order valence-corrected chi connectivity index (χ4v) is 2.43. The van der Waals surface area contributed by atoms with Crippen molar-refractivity contribution in [3.05, 3.63) is 52.2 Å². The van der Waals surface area contributed by atoms with Crippen LogP contribution in [0.25, 0.3) is 5.57 Å². The Labute approximate surface area is 124 Å². The molecule has 0 saturated carbocycles. The van der Waals surface area contributed by atoms with Crippen LogP contribution in [-0.2, 0) is 6.42 Å². The van der Waals surface area contributed by atoms with E-state index in [1.165, 1.54) is 0 Å². The molecule has 0 atom stereocenters.